The summed E-state index contributed by atoms with van der Waals surface area (Å²) in [4.78, 5) is 29.6. The molecule has 48 heavy (non-hydrogen) atoms. The summed E-state index contributed by atoms with van der Waals surface area (Å²) in [5.41, 5.74) is 2.02. The molecule has 3 aliphatic rings. The average Bonchev–Trinajstić information content (AvgIpc) is 3.73. The maximum atomic E-state index is 13.7. The van der Waals surface area contributed by atoms with Gasteiger partial charge in [-0.15, -0.1) is 0 Å². The van der Waals surface area contributed by atoms with E-state index in [1.54, 1.807) is 18.1 Å². The normalized spacial score (nSPS) is 19.0. The number of β-amino-alcohol motifs (C(OH)–C–C–N with tert-alkyl or cyclic N) is 1. The number of hydrogen-bond donors (Lipinski definition) is 1. The summed E-state index contributed by atoms with van der Waals surface area (Å²) in [6.45, 7) is 2.74. The van der Waals surface area contributed by atoms with E-state index >= 15 is 0 Å². The second kappa shape index (κ2) is 14.8. The zero-order valence-electron chi connectivity index (χ0n) is 27.1. The molecule has 0 bridgehead atoms. The molecule has 1 spiro atoms. The number of aliphatic hydroxyl groups is 1. The van der Waals surface area contributed by atoms with Crippen molar-refractivity contribution in [1.82, 2.24) is 9.80 Å². The lowest BCUT2D eigenvalue weighted by molar-refractivity contribution is -0.144. The molecule has 0 aliphatic carbocycles. The van der Waals surface area contributed by atoms with Gasteiger partial charge in [-0.25, -0.2) is 0 Å². The maximum absolute atomic E-state index is 13.7. The fourth-order valence-electron chi connectivity index (χ4n) is 6.65. The van der Waals surface area contributed by atoms with Gasteiger partial charge in [-0.1, -0.05) is 35.3 Å². The smallest absolute Gasteiger partial charge is 0.310 e. The quantitative estimate of drug-likeness (QED) is 0.263. The lowest BCUT2D eigenvalue weighted by atomic mass is 9.87. The van der Waals surface area contributed by atoms with E-state index in [2.05, 4.69) is 4.90 Å². The lowest BCUT2D eigenvalue weighted by Gasteiger charge is -2.39. The minimum Gasteiger partial charge on any atom is -0.497 e. The third-order valence-electron chi connectivity index (χ3n) is 9.36. The van der Waals surface area contributed by atoms with Crippen LogP contribution in [0.25, 0.3) is 0 Å². The monoisotopic (exact) mass is 698 g/mol. The number of fused-ring (bicyclic) bond motifs is 1. The molecule has 0 aromatic heterocycles. The van der Waals surface area contributed by atoms with Crippen molar-refractivity contribution in [2.45, 2.75) is 44.0 Å². The maximum Gasteiger partial charge on any atom is 0.310 e. The number of hydrogen-bond acceptors (Lipinski definition) is 9. The molecule has 3 aromatic rings. The minimum absolute atomic E-state index is 0.0489. The minimum atomic E-state index is -0.822. The third-order valence-corrected chi connectivity index (χ3v) is 9.89. The molecule has 12 heteroatoms. The van der Waals surface area contributed by atoms with Gasteiger partial charge in [-0.2, -0.15) is 0 Å². The number of esters is 1. The Morgan fingerprint density at radius 3 is 2.50 bits per heavy atom. The van der Waals surface area contributed by atoms with Gasteiger partial charge in [0.1, 0.15) is 47.9 Å². The van der Waals surface area contributed by atoms with Gasteiger partial charge in [0.25, 0.3) is 5.91 Å². The predicted molar refractivity (Wildman–Crippen MR) is 180 cm³/mol. The number of nitrogens with zero attached hydrogens (tertiary/aromatic N) is 2. The lowest BCUT2D eigenvalue weighted by Crippen LogP contribution is -2.49. The molecule has 0 radical (unpaired) electrons. The van der Waals surface area contributed by atoms with Crippen molar-refractivity contribution in [1.29, 1.82) is 0 Å². The van der Waals surface area contributed by atoms with E-state index in [0.29, 0.717) is 30.3 Å². The molecule has 1 N–H and O–H groups in total. The number of carbonyl (C=O) groups excluding carboxylic acids is 2. The molecule has 2 saturated heterocycles. The standard InChI is InChI=1S/C36H40Cl2N2O8/c1-44-28-6-3-23(4-7-28)21-46-33-17-32(29(16-30(33)38)34(42)40-12-9-24(19-40)35(43)45-2)47-22-27(41)20-39-13-10-36(11-14-39)18-25-15-26(37)5-8-31(25)48-36/h3-8,15-17,24,27,41H,9-14,18-22H2,1-2H3/t24?,27-/m0/s1. The van der Waals surface area contributed by atoms with Gasteiger partial charge in [-0.3, -0.25) is 9.59 Å². The van der Waals surface area contributed by atoms with Crippen molar-refractivity contribution in [3.05, 3.63) is 81.3 Å². The highest BCUT2D eigenvalue weighted by Crippen LogP contribution is 2.42. The van der Waals surface area contributed by atoms with Crippen LogP contribution in [0.5, 0.6) is 23.0 Å². The Morgan fingerprint density at radius 2 is 1.77 bits per heavy atom. The summed E-state index contributed by atoms with van der Waals surface area (Å²) in [6, 6.07) is 16.3. The Kier molecular flexibility index (Phi) is 10.6. The molecule has 3 aliphatic heterocycles. The highest BCUT2D eigenvalue weighted by atomic mass is 35.5. The first-order valence-electron chi connectivity index (χ1n) is 16.1. The summed E-state index contributed by atoms with van der Waals surface area (Å²) in [6.07, 6.45) is 2.18. The molecule has 10 nitrogen and oxygen atoms in total. The summed E-state index contributed by atoms with van der Waals surface area (Å²) in [5.74, 6) is 1.15. The molecule has 256 valence electrons. The largest absolute Gasteiger partial charge is 0.497 e. The number of aliphatic hydroxyl groups excluding tert-OH is 1. The molecule has 1 unspecified atom stereocenters. The zero-order valence-corrected chi connectivity index (χ0v) is 28.6. The fourth-order valence-corrected chi connectivity index (χ4v) is 7.06. The van der Waals surface area contributed by atoms with Crippen LogP contribution in [0.1, 0.15) is 40.7 Å². The molecule has 3 aromatic carbocycles. The van der Waals surface area contributed by atoms with Gasteiger partial charge in [0.15, 0.2) is 0 Å². The van der Waals surface area contributed by atoms with Crippen LogP contribution in [-0.4, -0.2) is 92.0 Å². The van der Waals surface area contributed by atoms with Gasteiger partial charge in [0, 0.05) is 63.1 Å². The Morgan fingerprint density at radius 1 is 1.00 bits per heavy atom. The molecule has 6 rings (SSSR count). The van der Waals surface area contributed by atoms with Crippen LogP contribution in [0.2, 0.25) is 10.0 Å². The number of piperidine rings is 1. The van der Waals surface area contributed by atoms with Crippen LogP contribution in [-0.2, 0) is 22.6 Å². The summed E-state index contributed by atoms with van der Waals surface area (Å²) in [5, 5.41) is 12.0. The number of ether oxygens (including phenoxy) is 5. The average molecular weight is 700 g/mol. The molecule has 3 heterocycles. The topological polar surface area (TPSA) is 107 Å². The predicted octanol–water partition coefficient (Wildman–Crippen LogP) is 5.43. The van der Waals surface area contributed by atoms with Crippen molar-refractivity contribution < 1.29 is 38.4 Å². The molecular formula is C36H40Cl2N2O8. The summed E-state index contributed by atoms with van der Waals surface area (Å²) >= 11 is 12.8. The van der Waals surface area contributed by atoms with Crippen LogP contribution < -0.4 is 18.9 Å². The first-order valence-corrected chi connectivity index (χ1v) is 16.9. The second-order valence-electron chi connectivity index (χ2n) is 12.7. The van der Waals surface area contributed by atoms with E-state index in [0.717, 1.165) is 55.0 Å². The molecular weight excluding hydrogens is 659 g/mol. The zero-order chi connectivity index (χ0) is 33.8. The SMILES string of the molecule is COC(=O)C1CCN(C(=O)c2cc(Cl)c(OCc3ccc(OC)cc3)cc2OC[C@@H](O)CN2CCC3(CC2)Cc2cc(Cl)ccc2O3)C1. The van der Waals surface area contributed by atoms with Crippen molar-refractivity contribution in [3.63, 3.8) is 0 Å². The number of methoxy groups -OCH3 is 2. The third kappa shape index (κ3) is 7.78. The van der Waals surface area contributed by atoms with E-state index in [-0.39, 0.29) is 53.6 Å². The van der Waals surface area contributed by atoms with Crippen LogP contribution in [0.15, 0.2) is 54.6 Å². The van der Waals surface area contributed by atoms with E-state index in [1.807, 2.05) is 42.5 Å². The number of amides is 1. The van der Waals surface area contributed by atoms with Crippen LogP contribution >= 0.6 is 23.2 Å². The van der Waals surface area contributed by atoms with Gasteiger partial charge >= 0.3 is 5.97 Å². The highest BCUT2D eigenvalue weighted by Gasteiger charge is 2.42. The van der Waals surface area contributed by atoms with Gasteiger partial charge < -0.3 is 38.6 Å². The summed E-state index contributed by atoms with van der Waals surface area (Å²) in [7, 11) is 2.95. The Balaban J connectivity index is 1.10. The van der Waals surface area contributed by atoms with Gasteiger partial charge in [-0.05, 0) is 53.9 Å². The molecule has 0 saturated carbocycles. The molecule has 2 atom stereocenters. The first-order chi connectivity index (χ1) is 23.1. The van der Waals surface area contributed by atoms with E-state index in [1.165, 1.54) is 13.2 Å². The number of rotatable bonds is 11. The van der Waals surface area contributed by atoms with Gasteiger partial charge in [0.2, 0.25) is 0 Å². The van der Waals surface area contributed by atoms with Crippen LogP contribution in [0, 0.1) is 5.92 Å². The van der Waals surface area contributed by atoms with E-state index < -0.39 is 12.0 Å². The number of benzene rings is 3. The van der Waals surface area contributed by atoms with Crippen molar-refractivity contribution in [2.75, 3.05) is 53.6 Å². The Bertz CT molecular complexity index is 1630. The van der Waals surface area contributed by atoms with E-state index in [9.17, 15) is 14.7 Å². The summed E-state index contributed by atoms with van der Waals surface area (Å²) < 4.78 is 28.7. The Labute approximate surface area is 290 Å². The van der Waals surface area contributed by atoms with Crippen molar-refractivity contribution >= 4 is 35.1 Å². The Hall–Kier alpha value is -3.70. The first kappa shape index (κ1) is 34.2. The van der Waals surface area contributed by atoms with Crippen molar-refractivity contribution in [2.24, 2.45) is 5.92 Å². The number of halogens is 2. The molecule has 1 amide bonds. The highest BCUT2D eigenvalue weighted by molar-refractivity contribution is 6.32. The van der Waals surface area contributed by atoms with Crippen LogP contribution in [0.3, 0.4) is 0 Å². The van der Waals surface area contributed by atoms with E-state index in [4.69, 9.17) is 46.9 Å². The van der Waals surface area contributed by atoms with Gasteiger partial charge in [0.05, 0.1) is 30.7 Å². The fraction of sp³-hybridized carbons (Fsp3) is 0.444. The molecule has 2 fully saturated rings. The number of likely N-dealkylation sites (tertiary alicyclic amines) is 2. The van der Waals surface area contributed by atoms with Crippen LogP contribution in [0.4, 0.5) is 0 Å². The van der Waals surface area contributed by atoms with Crippen molar-refractivity contribution in [3.8, 4) is 23.0 Å². The number of carbonyl (C=O) groups is 2. The second-order valence-corrected chi connectivity index (χ2v) is 13.5.